The fourth-order valence-electron chi connectivity index (χ4n) is 3.14. The van der Waals surface area contributed by atoms with E-state index >= 15 is 0 Å². The fourth-order valence-corrected chi connectivity index (χ4v) is 3.34. The molecule has 0 amide bonds. The third-order valence-corrected chi connectivity index (χ3v) is 4.31. The number of aromatic amines is 1. The molecule has 1 atom stereocenters. The summed E-state index contributed by atoms with van der Waals surface area (Å²) in [6, 6.07) is 1.90. The van der Waals surface area contributed by atoms with E-state index in [0.717, 1.165) is 42.9 Å². The lowest BCUT2D eigenvalue weighted by molar-refractivity contribution is 0.351. The van der Waals surface area contributed by atoms with Gasteiger partial charge in [0.2, 0.25) is 0 Å². The number of nitrogens with zero attached hydrogens (tertiary/aromatic N) is 6. The molecule has 0 aromatic carbocycles. The third-order valence-electron chi connectivity index (χ3n) is 4.10. The molecule has 8 heteroatoms. The van der Waals surface area contributed by atoms with Crippen molar-refractivity contribution >= 4 is 28.5 Å². The Labute approximate surface area is 132 Å². The van der Waals surface area contributed by atoms with Gasteiger partial charge in [-0.05, 0) is 24.8 Å². The van der Waals surface area contributed by atoms with Crippen molar-refractivity contribution in [2.24, 2.45) is 5.92 Å². The summed E-state index contributed by atoms with van der Waals surface area (Å²) in [6.07, 6.45) is 7.27. The van der Waals surface area contributed by atoms with Crippen LogP contribution >= 0.6 is 11.6 Å². The van der Waals surface area contributed by atoms with E-state index in [4.69, 9.17) is 11.6 Å². The molecule has 0 saturated carbocycles. The normalized spacial score (nSPS) is 19.0. The molecule has 1 aliphatic heterocycles. The first kappa shape index (κ1) is 13.5. The lowest BCUT2D eigenvalue weighted by atomic mass is 9.98. The highest BCUT2D eigenvalue weighted by Crippen LogP contribution is 2.29. The van der Waals surface area contributed by atoms with E-state index in [2.05, 4.69) is 29.9 Å². The minimum atomic E-state index is 0.537. The van der Waals surface area contributed by atoms with Crippen molar-refractivity contribution in [3.63, 3.8) is 0 Å². The third kappa shape index (κ3) is 2.52. The highest BCUT2D eigenvalue weighted by Gasteiger charge is 2.23. The Morgan fingerprint density at radius 1 is 1.32 bits per heavy atom. The average Bonchev–Trinajstić information content (AvgIpc) is 3.15. The van der Waals surface area contributed by atoms with E-state index in [1.807, 2.05) is 10.7 Å². The molecule has 3 aromatic rings. The van der Waals surface area contributed by atoms with Crippen LogP contribution in [0.4, 0.5) is 5.82 Å². The number of piperidine rings is 1. The number of aromatic nitrogens is 6. The number of rotatable bonds is 3. The second kappa shape index (κ2) is 5.57. The van der Waals surface area contributed by atoms with Gasteiger partial charge in [-0.25, -0.2) is 15.0 Å². The number of nitrogens with one attached hydrogen (secondary N) is 1. The predicted molar refractivity (Wildman–Crippen MR) is 83.9 cm³/mol. The number of H-pyrrole nitrogens is 1. The van der Waals surface area contributed by atoms with Crippen LogP contribution in [0.25, 0.3) is 11.0 Å². The summed E-state index contributed by atoms with van der Waals surface area (Å²) in [6.45, 7) is 2.84. The van der Waals surface area contributed by atoms with Crippen LogP contribution < -0.4 is 4.90 Å². The Morgan fingerprint density at radius 3 is 3.14 bits per heavy atom. The summed E-state index contributed by atoms with van der Waals surface area (Å²) in [5, 5.41) is 5.77. The Morgan fingerprint density at radius 2 is 2.27 bits per heavy atom. The van der Waals surface area contributed by atoms with Crippen molar-refractivity contribution in [2.45, 2.75) is 19.4 Å². The van der Waals surface area contributed by atoms with Crippen molar-refractivity contribution in [1.29, 1.82) is 0 Å². The summed E-state index contributed by atoms with van der Waals surface area (Å²) in [5.41, 5.74) is 0.786. The van der Waals surface area contributed by atoms with Gasteiger partial charge in [-0.1, -0.05) is 11.6 Å². The maximum absolute atomic E-state index is 6.06. The molecular formula is C14H16ClN7. The molecule has 1 unspecified atom stereocenters. The summed E-state index contributed by atoms with van der Waals surface area (Å²) < 4.78 is 1.90. The number of hydrogen-bond acceptors (Lipinski definition) is 5. The minimum Gasteiger partial charge on any atom is -0.356 e. The van der Waals surface area contributed by atoms with Crippen molar-refractivity contribution in [1.82, 2.24) is 29.7 Å². The van der Waals surface area contributed by atoms with Crippen LogP contribution in [0.2, 0.25) is 5.15 Å². The topological polar surface area (TPSA) is 75.5 Å². The summed E-state index contributed by atoms with van der Waals surface area (Å²) in [7, 11) is 0. The van der Waals surface area contributed by atoms with E-state index in [1.54, 1.807) is 19.0 Å². The lowest BCUT2D eigenvalue weighted by Gasteiger charge is -2.33. The number of hydrogen-bond donors (Lipinski definition) is 1. The van der Waals surface area contributed by atoms with Gasteiger partial charge in [0.05, 0.1) is 5.39 Å². The second-order valence-corrected chi connectivity index (χ2v) is 6.06. The molecule has 22 heavy (non-hydrogen) atoms. The van der Waals surface area contributed by atoms with Gasteiger partial charge in [0, 0.05) is 19.6 Å². The van der Waals surface area contributed by atoms with Gasteiger partial charge in [-0.15, -0.1) is 0 Å². The molecule has 3 aromatic heterocycles. The van der Waals surface area contributed by atoms with Gasteiger partial charge < -0.3 is 9.88 Å². The van der Waals surface area contributed by atoms with Crippen molar-refractivity contribution in [3.8, 4) is 0 Å². The van der Waals surface area contributed by atoms with Gasteiger partial charge in [-0.2, -0.15) is 5.10 Å². The average molecular weight is 318 g/mol. The Balaban J connectivity index is 1.58. The number of fused-ring (bicyclic) bond motifs is 1. The number of halogens is 1. The molecule has 1 aliphatic rings. The molecule has 0 bridgehead atoms. The molecular weight excluding hydrogens is 302 g/mol. The first-order chi connectivity index (χ1) is 10.8. The van der Waals surface area contributed by atoms with Crippen molar-refractivity contribution < 1.29 is 0 Å². The van der Waals surface area contributed by atoms with E-state index < -0.39 is 0 Å². The standard InChI is InChI=1S/C14H16ClN7/c15-12-4-11-13(20-12)17-8-18-14(11)21-3-1-2-10(5-21)6-22-9-16-7-19-22/h4,7-10H,1-3,5-6H2,(H,17,18,20). The Bertz CT molecular complexity index is 767. The highest BCUT2D eigenvalue weighted by atomic mass is 35.5. The molecule has 1 saturated heterocycles. The van der Waals surface area contributed by atoms with E-state index in [0.29, 0.717) is 11.1 Å². The predicted octanol–water partition coefficient (Wildman–Crippen LogP) is 2.12. The van der Waals surface area contributed by atoms with E-state index in [1.165, 1.54) is 6.42 Å². The molecule has 4 rings (SSSR count). The highest BCUT2D eigenvalue weighted by molar-refractivity contribution is 6.30. The molecule has 0 spiro atoms. The van der Waals surface area contributed by atoms with Gasteiger partial charge in [0.15, 0.2) is 0 Å². The fraction of sp³-hybridized carbons (Fsp3) is 0.429. The first-order valence-electron chi connectivity index (χ1n) is 7.36. The SMILES string of the molecule is Clc1cc2c(N3CCCC(Cn4cncn4)C3)ncnc2[nH]1. The summed E-state index contributed by atoms with van der Waals surface area (Å²) in [4.78, 5) is 18.1. The van der Waals surface area contributed by atoms with Crippen LogP contribution in [0.1, 0.15) is 12.8 Å². The largest absolute Gasteiger partial charge is 0.356 e. The molecule has 1 N–H and O–H groups in total. The van der Waals surface area contributed by atoms with Crippen LogP contribution in [0, 0.1) is 5.92 Å². The quantitative estimate of drug-likeness (QED) is 0.801. The molecule has 0 radical (unpaired) electrons. The van der Waals surface area contributed by atoms with Gasteiger partial charge in [-0.3, -0.25) is 4.68 Å². The Kier molecular flexibility index (Phi) is 3.42. The van der Waals surface area contributed by atoms with Crippen LogP contribution in [0.15, 0.2) is 25.0 Å². The van der Waals surface area contributed by atoms with E-state index in [9.17, 15) is 0 Å². The maximum Gasteiger partial charge on any atom is 0.144 e. The molecule has 4 heterocycles. The number of anilines is 1. The zero-order chi connectivity index (χ0) is 14.9. The van der Waals surface area contributed by atoms with Crippen LogP contribution in [0.5, 0.6) is 0 Å². The van der Waals surface area contributed by atoms with Gasteiger partial charge in [0.25, 0.3) is 0 Å². The molecule has 1 fully saturated rings. The molecule has 0 aliphatic carbocycles. The van der Waals surface area contributed by atoms with Crippen LogP contribution in [-0.4, -0.2) is 42.8 Å². The zero-order valence-electron chi connectivity index (χ0n) is 12.0. The van der Waals surface area contributed by atoms with Gasteiger partial charge in [0.1, 0.15) is 35.6 Å². The smallest absolute Gasteiger partial charge is 0.144 e. The molecule has 114 valence electrons. The van der Waals surface area contributed by atoms with Crippen LogP contribution in [-0.2, 0) is 6.54 Å². The molecule has 7 nitrogen and oxygen atoms in total. The zero-order valence-corrected chi connectivity index (χ0v) is 12.7. The summed E-state index contributed by atoms with van der Waals surface area (Å²) in [5.74, 6) is 1.49. The van der Waals surface area contributed by atoms with E-state index in [-0.39, 0.29) is 0 Å². The van der Waals surface area contributed by atoms with Gasteiger partial charge >= 0.3 is 0 Å². The lowest BCUT2D eigenvalue weighted by Crippen LogP contribution is -2.37. The van der Waals surface area contributed by atoms with Crippen molar-refractivity contribution in [3.05, 3.63) is 30.2 Å². The summed E-state index contributed by atoms with van der Waals surface area (Å²) >= 11 is 6.06. The van der Waals surface area contributed by atoms with Crippen LogP contribution in [0.3, 0.4) is 0 Å². The first-order valence-corrected chi connectivity index (χ1v) is 7.74. The second-order valence-electron chi connectivity index (χ2n) is 5.65. The Hall–Kier alpha value is -2.15. The minimum absolute atomic E-state index is 0.537. The van der Waals surface area contributed by atoms with Crippen molar-refractivity contribution in [2.75, 3.05) is 18.0 Å². The maximum atomic E-state index is 6.06. The monoisotopic (exact) mass is 317 g/mol.